The summed E-state index contributed by atoms with van der Waals surface area (Å²) in [6, 6.07) is 5.71. The van der Waals surface area contributed by atoms with Crippen molar-refractivity contribution < 1.29 is 8.78 Å². The molecule has 2 N–H and O–H groups in total. The molecule has 0 spiro atoms. The molecule has 6 heteroatoms. The van der Waals surface area contributed by atoms with Gasteiger partial charge in [0.15, 0.2) is 11.6 Å². The number of H-pyrrole nitrogens is 2. The van der Waals surface area contributed by atoms with Gasteiger partial charge in [0.25, 0.3) is 0 Å². The summed E-state index contributed by atoms with van der Waals surface area (Å²) in [4.78, 5) is 0. The molecule has 2 heterocycles. The highest BCUT2D eigenvalue weighted by Crippen LogP contribution is 2.33. The van der Waals surface area contributed by atoms with E-state index in [1.54, 1.807) is 6.92 Å². The summed E-state index contributed by atoms with van der Waals surface area (Å²) in [6.45, 7) is 3.87. The third-order valence-corrected chi connectivity index (χ3v) is 4.88. The Morgan fingerprint density at radius 2 is 1.65 bits per heavy atom. The monoisotopic (exact) mass is 354 g/mol. The Hall–Kier alpha value is -2.76. The maximum Gasteiger partial charge on any atom is 0.184 e. The van der Waals surface area contributed by atoms with E-state index in [2.05, 4.69) is 39.5 Å². The van der Waals surface area contributed by atoms with Crippen LogP contribution in [0.4, 0.5) is 8.78 Å². The Morgan fingerprint density at radius 1 is 0.962 bits per heavy atom. The average molecular weight is 354 g/mol. The Labute approximate surface area is 149 Å². The smallest absolute Gasteiger partial charge is 0.184 e. The number of nitrogens with one attached hydrogen (secondary N) is 2. The van der Waals surface area contributed by atoms with Crippen LogP contribution in [-0.2, 0) is 6.42 Å². The molecule has 4 aromatic rings. The molecule has 0 aliphatic heterocycles. The van der Waals surface area contributed by atoms with E-state index >= 15 is 0 Å². The molecule has 134 valence electrons. The summed E-state index contributed by atoms with van der Waals surface area (Å²) in [7, 11) is 0. The molecule has 0 saturated heterocycles. The lowest BCUT2D eigenvalue weighted by atomic mass is 10.0. The fraction of sp³-hybridized carbons (Fsp3) is 0.300. The number of nitrogens with zero attached hydrogens (tertiary/aromatic N) is 2. The average Bonchev–Trinajstić information content (AvgIpc) is 3.10. The first-order chi connectivity index (χ1) is 12.5. The number of rotatable bonds is 2. The van der Waals surface area contributed by atoms with Gasteiger partial charge in [0.1, 0.15) is 5.52 Å². The number of hydrogen-bond donors (Lipinski definition) is 2. The highest BCUT2D eigenvalue weighted by Gasteiger charge is 2.21. The molecule has 0 bridgehead atoms. The van der Waals surface area contributed by atoms with E-state index in [1.165, 1.54) is 47.5 Å². The molecule has 1 aliphatic carbocycles. The summed E-state index contributed by atoms with van der Waals surface area (Å²) in [5.74, 6) is -0.757. The first kappa shape index (κ1) is 16.7. The maximum atomic E-state index is 13.0. The molecule has 0 amide bonds. The van der Waals surface area contributed by atoms with Gasteiger partial charge in [-0.25, -0.2) is 8.78 Å². The van der Waals surface area contributed by atoms with Crippen LogP contribution in [0.25, 0.3) is 21.8 Å². The molecule has 1 fully saturated rings. The third kappa shape index (κ3) is 3.19. The first-order valence-electron chi connectivity index (χ1n) is 8.73. The van der Waals surface area contributed by atoms with Gasteiger partial charge in [-0.1, -0.05) is 6.07 Å². The van der Waals surface area contributed by atoms with Gasteiger partial charge in [0.2, 0.25) is 0 Å². The van der Waals surface area contributed by atoms with E-state index in [1.807, 2.05) is 6.20 Å². The second kappa shape index (κ2) is 6.52. The molecule has 2 aromatic carbocycles. The first-order valence-corrected chi connectivity index (χ1v) is 8.73. The fourth-order valence-electron chi connectivity index (χ4n) is 3.28. The van der Waals surface area contributed by atoms with Crippen LogP contribution in [0.3, 0.4) is 0 Å². The van der Waals surface area contributed by atoms with Gasteiger partial charge in [-0.05, 0) is 67.9 Å². The van der Waals surface area contributed by atoms with Gasteiger partial charge in [-0.2, -0.15) is 10.2 Å². The minimum atomic E-state index is -0.867. The molecular formula is C20H20F2N4. The van der Waals surface area contributed by atoms with Crippen LogP contribution in [0, 0.1) is 31.4 Å². The summed E-state index contributed by atoms with van der Waals surface area (Å²) in [5, 5.41) is 15.0. The van der Waals surface area contributed by atoms with E-state index in [4.69, 9.17) is 0 Å². The van der Waals surface area contributed by atoms with Crippen LogP contribution in [0.1, 0.15) is 29.5 Å². The zero-order chi connectivity index (χ0) is 18.3. The van der Waals surface area contributed by atoms with Gasteiger partial charge >= 0.3 is 0 Å². The van der Waals surface area contributed by atoms with Crippen LogP contribution in [0.15, 0.2) is 30.6 Å². The fourth-order valence-corrected chi connectivity index (χ4v) is 3.28. The van der Waals surface area contributed by atoms with Crippen LogP contribution >= 0.6 is 0 Å². The second-order valence-corrected chi connectivity index (χ2v) is 7.04. The lowest BCUT2D eigenvalue weighted by molar-refractivity contribution is 0.514. The standard InChI is InChI=1S/C12H14N2.C8H6F2N2/c1-8-4-10(5-9-2-3-9)6-12-11(8)7-13-14-12;1-4-2-6(9)7(10)8-5(4)3-11-12-8/h4,6-7,9H,2-3,5H2,1H3,(H,13,14);2-3H,1H3,(H,11,12). The highest BCUT2D eigenvalue weighted by molar-refractivity contribution is 5.82. The predicted molar refractivity (Wildman–Crippen MR) is 98.0 cm³/mol. The zero-order valence-corrected chi connectivity index (χ0v) is 14.7. The maximum absolute atomic E-state index is 13.0. The molecule has 1 aliphatic rings. The molecule has 4 nitrogen and oxygen atoms in total. The van der Waals surface area contributed by atoms with Crippen LogP contribution in [0.2, 0.25) is 0 Å². The lowest BCUT2D eigenvalue weighted by Gasteiger charge is -2.02. The number of benzene rings is 2. The van der Waals surface area contributed by atoms with Crippen molar-refractivity contribution in [3.05, 3.63) is 58.9 Å². The SMILES string of the molecule is Cc1cc(CC2CC2)cc2[nH]ncc12.Cc1cc(F)c(F)c2[nH]ncc12. The van der Waals surface area contributed by atoms with Crippen molar-refractivity contribution in [3.63, 3.8) is 0 Å². The normalized spacial score (nSPS) is 13.8. The summed E-state index contributed by atoms with van der Waals surface area (Å²) < 4.78 is 25.7. The summed E-state index contributed by atoms with van der Waals surface area (Å²) in [6.07, 6.45) is 7.47. The molecule has 1 saturated carbocycles. The molecule has 26 heavy (non-hydrogen) atoms. The van der Waals surface area contributed by atoms with Gasteiger partial charge in [0, 0.05) is 10.8 Å². The third-order valence-electron chi connectivity index (χ3n) is 4.88. The van der Waals surface area contributed by atoms with Crippen molar-refractivity contribution in [1.29, 1.82) is 0 Å². The predicted octanol–water partition coefficient (Wildman–Crippen LogP) is 4.97. The van der Waals surface area contributed by atoms with E-state index in [-0.39, 0.29) is 5.52 Å². The highest BCUT2D eigenvalue weighted by atomic mass is 19.2. The van der Waals surface area contributed by atoms with Gasteiger partial charge < -0.3 is 0 Å². The quantitative estimate of drug-likeness (QED) is 0.534. The van der Waals surface area contributed by atoms with Crippen molar-refractivity contribution in [2.24, 2.45) is 5.92 Å². The van der Waals surface area contributed by atoms with E-state index in [0.717, 1.165) is 12.0 Å². The molecule has 5 rings (SSSR count). The number of halogens is 2. The number of aromatic nitrogens is 4. The van der Waals surface area contributed by atoms with Crippen LogP contribution < -0.4 is 0 Å². The molecular weight excluding hydrogens is 334 g/mol. The van der Waals surface area contributed by atoms with Gasteiger partial charge in [-0.15, -0.1) is 0 Å². The van der Waals surface area contributed by atoms with E-state index < -0.39 is 11.6 Å². The number of aryl methyl sites for hydroxylation is 2. The number of aromatic amines is 2. The largest absolute Gasteiger partial charge is 0.278 e. The van der Waals surface area contributed by atoms with Gasteiger partial charge in [0.05, 0.1) is 17.9 Å². The van der Waals surface area contributed by atoms with Crippen molar-refractivity contribution in [2.75, 3.05) is 0 Å². The van der Waals surface area contributed by atoms with Crippen LogP contribution in [0.5, 0.6) is 0 Å². The Morgan fingerprint density at radius 3 is 2.42 bits per heavy atom. The topological polar surface area (TPSA) is 57.4 Å². The van der Waals surface area contributed by atoms with E-state index in [9.17, 15) is 8.78 Å². The number of fused-ring (bicyclic) bond motifs is 2. The molecule has 0 radical (unpaired) electrons. The molecule has 0 unspecified atom stereocenters. The molecule has 0 atom stereocenters. The lowest BCUT2D eigenvalue weighted by Crippen LogP contribution is -1.88. The Balaban J connectivity index is 0.000000131. The van der Waals surface area contributed by atoms with Crippen molar-refractivity contribution in [1.82, 2.24) is 20.4 Å². The minimum absolute atomic E-state index is 0.132. The Kier molecular flexibility index (Phi) is 4.18. The van der Waals surface area contributed by atoms with Gasteiger partial charge in [-0.3, -0.25) is 10.2 Å². The Bertz CT molecular complexity index is 1080. The second-order valence-electron chi connectivity index (χ2n) is 7.04. The van der Waals surface area contributed by atoms with Crippen molar-refractivity contribution in [2.45, 2.75) is 33.1 Å². The zero-order valence-electron chi connectivity index (χ0n) is 14.7. The minimum Gasteiger partial charge on any atom is -0.278 e. The summed E-state index contributed by atoms with van der Waals surface area (Å²) >= 11 is 0. The van der Waals surface area contributed by atoms with Crippen molar-refractivity contribution in [3.8, 4) is 0 Å². The molecule has 2 aromatic heterocycles. The number of hydrogen-bond acceptors (Lipinski definition) is 2. The van der Waals surface area contributed by atoms with Crippen LogP contribution in [-0.4, -0.2) is 20.4 Å². The summed E-state index contributed by atoms with van der Waals surface area (Å²) in [5.41, 5.74) is 4.79. The van der Waals surface area contributed by atoms with Crippen molar-refractivity contribution >= 4 is 21.8 Å². The van der Waals surface area contributed by atoms with E-state index in [0.29, 0.717) is 10.9 Å².